The molecule has 1 aromatic carbocycles. The molecular weight excluding hydrogens is 318 g/mol. The highest BCUT2D eigenvalue weighted by molar-refractivity contribution is 6.21. The van der Waals surface area contributed by atoms with E-state index in [2.05, 4.69) is 6.92 Å². The molecule has 5 heteroatoms. The normalized spacial score (nSPS) is 14.4. The minimum atomic E-state index is -0.0409. The molecule has 0 aliphatic carbocycles. The maximum absolute atomic E-state index is 12.3. The van der Waals surface area contributed by atoms with Crippen LogP contribution in [0.2, 0.25) is 0 Å². The van der Waals surface area contributed by atoms with Crippen molar-refractivity contribution in [2.24, 2.45) is 0 Å². The SMILES string of the molecule is CCCC/C(C)=C(\C(C)=O)c1cc2c(cc1OC)N(C(C)=O)CCO2. The van der Waals surface area contributed by atoms with Crippen molar-refractivity contribution in [1.82, 2.24) is 0 Å². The zero-order valence-electron chi connectivity index (χ0n) is 15.8. The second-order valence-corrected chi connectivity index (χ2v) is 6.35. The topological polar surface area (TPSA) is 55.8 Å². The van der Waals surface area contributed by atoms with E-state index in [0.29, 0.717) is 35.9 Å². The second kappa shape index (κ2) is 8.19. The van der Waals surface area contributed by atoms with E-state index < -0.39 is 0 Å². The van der Waals surface area contributed by atoms with Gasteiger partial charge in [-0.1, -0.05) is 18.9 Å². The average Bonchev–Trinajstić information content (AvgIpc) is 2.58. The van der Waals surface area contributed by atoms with Gasteiger partial charge in [-0.15, -0.1) is 0 Å². The van der Waals surface area contributed by atoms with Gasteiger partial charge in [0.1, 0.15) is 18.1 Å². The Hall–Kier alpha value is -2.30. The molecule has 0 fully saturated rings. The van der Waals surface area contributed by atoms with Gasteiger partial charge < -0.3 is 14.4 Å². The largest absolute Gasteiger partial charge is 0.496 e. The lowest BCUT2D eigenvalue weighted by Crippen LogP contribution is -2.36. The highest BCUT2D eigenvalue weighted by Crippen LogP contribution is 2.41. The first-order valence-corrected chi connectivity index (χ1v) is 8.74. The van der Waals surface area contributed by atoms with Crippen LogP contribution >= 0.6 is 0 Å². The number of amides is 1. The van der Waals surface area contributed by atoms with Crippen molar-refractivity contribution in [1.29, 1.82) is 0 Å². The van der Waals surface area contributed by atoms with Gasteiger partial charge in [-0.3, -0.25) is 9.59 Å². The van der Waals surface area contributed by atoms with Gasteiger partial charge >= 0.3 is 0 Å². The number of hydrogen-bond acceptors (Lipinski definition) is 4. The molecule has 0 spiro atoms. The number of rotatable bonds is 6. The van der Waals surface area contributed by atoms with Crippen LogP contribution in [0.5, 0.6) is 11.5 Å². The molecule has 25 heavy (non-hydrogen) atoms. The number of carbonyl (C=O) groups is 2. The fourth-order valence-corrected chi connectivity index (χ4v) is 3.22. The minimum Gasteiger partial charge on any atom is -0.496 e. The van der Waals surface area contributed by atoms with Crippen LogP contribution in [0.4, 0.5) is 5.69 Å². The number of unbranched alkanes of at least 4 members (excludes halogenated alkanes) is 1. The molecule has 0 radical (unpaired) electrons. The van der Waals surface area contributed by atoms with Gasteiger partial charge in [0.05, 0.1) is 19.3 Å². The number of ether oxygens (including phenoxy) is 2. The van der Waals surface area contributed by atoms with E-state index >= 15 is 0 Å². The molecule has 0 atom stereocenters. The molecule has 1 amide bonds. The Balaban J connectivity index is 2.61. The molecule has 1 aliphatic heterocycles. The zero-order chi connectivity index (χ0) is 18.6. The van der Waals surface area contributed by atoms with Gasteiger partial charge in [0, 0.05) is 24.1 Å². The van der Waals surface area contributed by atoms with Crippen molar-refractivity contribution < 1.29 is 19.1 Å². The number of nitrogens with zero attached hydrogens (tertiary/aromatic N) is 1. The number of anilines is 1. The molecule has 2 rings (SSSR count). The van der Waals surface area contributed by atoms with E-state index in [-0.39, 0.29) is 11.7 Å². The predicted octanol–water partition coefficient (Wildman–Crippen LogP) is 3.99. The van der Waals surface area contributed by atoms with Crippen LogP contribution in [0.1, 0.15) is 52.5 Å². The fourth-order valence-electron chi connectivity index (χ4n) is 3.22. The molecule has 0 saturated heterocycles. The maximum atomic E-state index is 12.3. The molecule has 1 aromatic rings. The van der Waals surface area contributed by atoms with E-state index in [1.807, 2.05) is 13.0 Å². The number of Topliss-reactive ketones (excluding diaryl/α,β-unsaturated/α-hetero) is 1. The smallest absolute Gasteiger partial charge is 0.224 e. The highest BCUT2D eigenvalue weighted by Gasteiger charge is 2.26. The molecule has 1 aliphatic rings. The molecule has 0 unspecified atom stereocenters. The molecule has 0 aromatic heterocycles. The summed E-state index contributed by atoms with van der Waals surface area (Å²) in [7, 11) is 1.58. The Kier molecular flexibility index (Phi) is 6.23. The Morgan fingerprint density at radius 1 is 1.24 bits per heavy atom. The number of methoxy groups -OCH3 is 1. The Labute approximate surface area is 149 Å². The van der Waals surface area contributed by atoms with Crippen LogP contribution < -0.4 is 14.4 Å². The third kappa shape index (κ3) is 4.03. The van der Waals surface area contributed by atoms with Crippen molar-refractivity contribution in [2.75, 3.05) is 25.2 Å². The Morgan fingerprint density at radius 3 is 2.52 bits per heavy atom. The minimum absolute atomic E-state index is 0.00564. The van der Waals surface area contributed by atoms with Crippen LogP contribution in [0.15, 0.2) is 17.7 Å². The van der Waals surface area contributed by atoms with Crippen LogP contribution in [-0.2, 0) is 9.59 Å². The summed E-state index contributed by atoms with van der Waals surface area (Å²) in [6.45, 7) is 8.18. The van der Waals surface area contributed by atoms with Crippen molar-refractivity contribution >= 4 is 23.0 Å². The number of carbonyl (C=O) groups excluding carboxylic acids is 2. The summed E-state index contributed by atoms with van der Waals surface area (Å²) in [5.41, 5.74) is 3.14. The van der Waals surface area contributed by atoms with Crippen molar-refractivity contribution in [3.05, 3.63) is 23.3 Å². The van der Waals surface area contributed by atoms with Gasteiger partial charge in [0.25, 0.3) is 0 Å². The summed E-state index contributed by atoms with van der Waals surface area (Å²) in [6.07, 6.45) is 2.97. The number of hydrogen-bond donors (Lipinski definition) is 0. The lowest BCUT2D eigenvalue weighted by molar-refractivity contribution is -0.116. The molecule has 1 heterocycles. The van der Waals surface area contributed by atoms with Crippen LogP contribution in [0.3, 0.4) is 0 Å². The van der Waals surface area contributed by atoms with E-state index in [4.69, 9.17) is 9.47 Å². The highest BCUT2D eigenvalue weighted by atomic mass is 16.5. The summed E-state index contributed by atoms with van der Waals surface area (Å²) in [6, 6.07) is 3.62. The maximum Gasteiger partial charge on any atom is 0.224 e. The predicted molar refractivity (Wildman–Crippen MR) is 99.3 cm³/mol. The summed E-state index contributed by atoms with van der Waals surface area (Å²) < 4.78 is 11.3. The lowest BCUT2D eigenvalue weighted by Gasteiger charge is -2.30. The molecule has 5 nitrogen and oxygen atoms in total. The van der Waals surface area contributed by atoms with Crippen LogP contribution in [-0.4, -0.2) is 32.0 Å². The summed E-state index contributed by atoms with van der Waals surface area (Å²) >= 11 is 0. The van der Waals surface area contributed by atoms with Crippen molar-refractivity contribution in [3.63, 3.8) is 0 Å². The van der Waals surface area contributed by atoms with Crippen LogP contribution in [0, 0.1) is 0 Å². The summed E-state index contributed by atoms with van der Waals surface area (Å²) in [5.74, 6) is 1.16. The monoisotopic (exact) mass is 345 g/mol. The van der Waals surface area contributed by atoms with Crippen molar-refractivity contribution in [3.8, 4) is 11.5 Å². The zero-order valence-corrected chi connectivity index (χ0v) is 15.8. The number of ketones is 1. The second-order valence-electron chi connectivity index (χ2n) is 6.35. The summed E-state index contributed by atoms with van der Waals surface area (Å²) in [5, 5.41) is 0. The Bertz CT molecular complexity index is 706. The first kappa shape index (κ1) is 19.0. The number of fused-ring (bicyclic) bond motifs is 1. The van der Waals surface area contributed by atoms with Gasteiger partial charge in [-0.2, -0.15) is 0 Å². The van der Waals surface area contributed by atoms with Crippen LogP contribution in [0.25, 0.3) is 5.57 Å². The number of benzene rings is 1. The molecule has 0 N–H and O–H groups in total. The van der Waals surface area contributed by atoms with E-state index in [1.54, 1.807) is 25.0 Å². The standard InChI is InChI=1S/C20H27NO4/c1-6-7-8-13(2)20(14(3)22)16-11-19-17(12-18(16)24-5)21(15(4)23)9-10-25-19/h11-12H,6-10H2,1-5H3/b20-13+. The first-order valence-electron chi connectivity index (χ1n) is 8.74. The third-order valence-corrected chi connectivity index (χ3v) is 4.48. The van der Waals surface area contributed by atoms with Crippen molar-refractivity contribution in [2.45, 2.75) is 47.0 Å². The summed E-state index contributed by atoms with van der Waals surface area (Å²) in [4.78, 5) is 25.9. The lowest BCUT2D eigenvalue weighted by atomic mass is 9.93. The third-order valence-electron chi connectivity index (χ3n) is 4.48. The molecule has 136 valence electrons. The fraction of sp³-hybridized carbons (Fsp3) is 0.500. The van der Waals surface area contributed by atoms with Gasteiger partial charge in [-0.05, 0) is 32.8 Å². The molecular formula is C20H27NO4. The van der Waals surface area contributed by atoms with Gasteiger partial charge in [0.2, 0.25) is 5.91 Å². The van der Waals surface area contributed by atoms with Gasteiger partial charge in [-0.25, -0.2) is 0 Å². The Morgan fingerprint density at radius 2 is 1.96 bits per heavy atom. The molecule has 0 saturated carbocycles. The van der Waals surface area contributed by atoms with Gasteiger partial charge in [0.15, 0.2) is 5.78 Å². The van der Waals surface area contributed by atoms with E-state index in [0.717, 1.165) is 30.4 Å². The van der Waals surface area contributed by atoms with E-state index in [1.165, 1.54) is 6.92 Å². The number of allylic oxidation sites excluding steroid dienone is 2. The molecule has 0 bridgehead atoms. The van der Waals surface area contributed by atoms with E-state index in [9.17, 15) is 9.59 Å². The quantitative estimate of drug-likeness (QED) is 0.732. The first-order chi connectivity index (χ1) is 11.9. The average molecular weight is 345 g/mol.